The third kappa shape index (κ3) is 4.37. The molecule has 0 aliphatic carbocycles. The number of nitrogens with one attached hydrogen (secondary N) is 3. The van der Waals surface area contributed by atoms with E-state index in [1.807, 2.05) is 29.8 Å². The van der Waals surface area contributed by atoms with E-state index in [0.29, 0.717) is 11.1 Å². The third-order valence-electron chi connectivity index (χ3n) is 5.80. The Hall–Kier alpha value is -2.67. The van der Waals surface area contributed by atoms with E-state index >= 15 is 0 Å². The number of rotatable bonds is 5. The van der Waals surface area contributed by atoms with E-state index in [1.54, 1.807) is 17.4 Å². The van der Waals surface area contributed by atoms with Crippen molar-refractivity contribution >= 4 is 39.5 Å². The fraction of sp³-hybridized carbons (Fsp3) is 0.250. The molecule has 3 N–H and O–H groups in total. The summed E-state index contributed by atoms with van der Waals surface area (Å²) in [6.45, 7) is 1.99. The van der Waals surface area contributed by atoms with Gasteiger partial charge in [-0.1, -0.05) is 29.8 Å². The van der Waals surface area contributed by atoms with E-state index in [-0.39, 0.29) is 11.5 Å². The minimum Gasteiger partial charge on any atom is -0.382 e. The first-order chi connectivity index (χ1) is 15.2. The van der Waals surface area contributed by atoms with Crippen LogP contribution in [0.1, 0.15) is 34.9 Å². The van der Waals surface area contributed by atoms with Crippen LogP contribution in [0.3, 0.4) is 0 Å². The molecule has 158 valence electrons. The van der Waals surface area contributed by atoms with Crippen LogP contribution in [0.4, 0.5) is 5.69 Å². The first kappa shape index (κ1) is 20.2. The standard InChI is InChI=1S/C24H23ClN4OS/c25-17-4-1-15(2-5-17)23(24-27-11-12-31-24)16-3-6-20-19(13-16)21(14-22(30)29-20)28-18-7-9-26-10-8-18/h1-6,11-14,18,23,26H,7-10H2,(H2,28,29,30). The highest BCUT2D eigenvalue weighted by Gasteiger charge is 2.21. The number of hydrogen-bond acceptors (Lipinski definition) is 5. The average Bonchev–Trinajstić information content (AvgIpc) is 3.30. The van der Waals surface area contributed by atoms with Crippen molar-refractivity contribution in [2.24, 2.45) is 0 Å². The molecule has 1 aliphatic rings. The summed E-state index contributed by atoms with van der Waals surface area (Å²) in [6, 6.07) is 16.2. The smallest absolute Gasteiger partial charge is 0.250 e. The quantitative estimate of drug-likeness (QED) is 0.401. The number of benzene rings is 2. The molecule has 1 saturated heterocycles. The van der Waals surface area contributed by atoms with Gasteiger partial charge in [-0.05, 0) is 61.3 Å². The summed E-state index contributed by atoms with van der Waals surface area (Å²) in [4.78, 5) is 19.9. The number of thiazole rings is 1. The fourth-order valence-corrected chi connectivity index (χ4v) is 5.18. The van der Waals surface area contributed by atoms with Gasteiger partial charge in [-0.15, -0.1) is 11.3 Å². The predicted octanol–water partition coefficient (Wildman–Crippen LogP) is 4.98. The summed E-state index contributed by atoms with van der Waals surface area (Å²) >= 11 is 7.78. The zero-order chi connectivity index (χ0) is 21.2. The van der Waals surface area contributed by atoms with Gasteiger partial charge < -0.3 is 15.6 Å². The molecule has 7 heteroatoms. The number of aromatic amines is 1. The maximum Gasteiger partial charge on any atom is 0.250 e. The molecule has 0 amide bonds. The van der Waals surface area contributed by atoms with Crippen molar-refractivity contribution in [3.8, 4) is 0 Å². The lowest BCUT2D eigenvalue weighted by atomic mass is 9.90. The van der Waals surface area contributed by atoms with Gasteiger partial charge in [0, 0.05) is 39.8 Å². The van der Waals surface area contributed by atoms with Crippen molar-refractivity contribution in [2.45, 2.75) is 24.8 Å². The molecule has 31 heavy (non-hydrogen) atoms. The van der Waals surface area contributed by atoms with Crippen LogP contribution in [0.15, 0.2) is 64.9 Å². The van der Waals surface area contributed by atoms with Crippen molar-refractivity contribution in [3.63, 3.8) is 0 Å². The predicted molar refractivity (Wildman–Crippen MR) is 129 cm³/mol. The molecule has 5 nitrogen and oxygen atoms in total. The highest BCUT2D eigenvalue weighted by molar-refractivity contribution is 7.09. The maximum atomic E-state index is 12.3. The van der Waals surface area contributed by atoms with Gasteiger partial charge >= 0.3 is 0 Å². The van der Waals surface area contributed by atoms with Crippen molar-refractivity contribution in [1.29, 1.82) is 0 Å². The second-order valence-corrected chi connectivity index (χ2v) is 9.24. The number of pyridine rings is 1. The van der Waals surface area contributed by atoms with E-state index in [2.05, 4.69) is 44.9 Å². The number of hydrogen-bond donors (Lipinski definition) is 3. The highest BCUT2D eigenvalue weighted by atomic mass is 35.5. The number of piperidine rings is 1. The third-order valence-corrected chi connectivity index (χ3v) is 6.89. The summed E-state index contributed by atoms with van der Waals surface area (Å²) < 4.78 is 0. The number of halogens is 1. The van der Waals surface area contributed by atoms with Crippen LogP contribution in [0.25, 0.3) is 10.9 Å². The van der Waals surface area contributed by atoms with Crippen LogP contribution >= 0.6 is 22.9 Å². The number of aromatic nitrogens is 2. The van der Waals surface area contributed by atoms with Crippen LogP contribution < -0.4 is 16.2 Å². The minimum atomic E-state index is -0.0918. The summed E-state index contributed by atoms with van der Waals surface area (Å²) in [5.74, 6) is 0.000301. The molecule has 1 unspecified atom stereocenters. The lowest BCUT2D eigenvalue weighted by Gasteiger charge is -2.25. The van der Waals surface area contributed by atoms with Gasteiger partial charge in [0.2, 0.25) is 5.56 Å². The molecule has 5 rings (SSSR count). The topological polar surface area (TPSA) is 69.8 Å². The molecule has 2 aromatic carbocycles. The number of fused-ring (bicyclic) bond motifs is 1. The Balaban J connectivity index is 1.61. The molecule has 1 atom stereocenters. The van der Waals surface area contributed by atoms with Crippen molar-refractivity contribution < 1.29 is 0 Å². The minimum absolute atomic E-state index is 0.000301. The lowest BCUT2D eigenvalue weighted by Crippen LogP contribution is -2.35. The fourth-order valence-electron chi connectivity index (χ4n) is 4.27. The summed E-state index contributed by atoms with van der Waals surface area (Å²) in [5, 5.41) is 11.8. The largest absolute Gasteiger partial charge is 0.382 e. The van der Waals surface area contributed by atoms with Crippen molar-refractivity contribution in [3.05, 3.63) is 91.6 Å². The number of H-pyrrole nitrogens is 1. The average molecular weight is 451 g/mol. The lowest BCUT2D eigenvalue weighted by molar-refractivity contribution is 0.479. The molecular formula is C24H23ClN4OS. The second kappa shape index (κ2) is 8.83. The first-order valence-corrected chi connectivity index (χ1v) is 11.7. The highest BCUT2D eigenvalue weighted by Crippen LogP contribution is 2.36. The van der Waals surface area contributed by atoms with Gasteiger partial charge in [0.25, 0.3) is 0 Å². The van der Waals surface area contributed by atoms with Crippen LogP contribution in [0.2, 0.25) is 5.02 Å². The first-order valence-electron chi connectivity index (χ1n) is 10.5. The van der Waals surface area contributed by atoms with Gasteiger partial charge in [0.15, 0.2) is 0 Å². The van der Waals surface area contributed by atoms with E-state index in [1.165, 1.54) is 0 Å². The van der Waals surface area contributed by atoms with Gasteiger partial charge in [-0.3, -0.25) is 4.79 Å². The van der Waals surface area contributed by atoms with Crippen molar-refractivity contribution in [2.75, 3.05) is 18.4 Å². The summed E-state index contributed by atoms with van der Waals surface area (Å²) in [5.41, 5.74) is 3.90. The summed E-state index contributed by atoms with van der Waals surface area (Å²) in [6.07, 6.45) is 3.92. The molecule has 0 radical (unpaired) electrons. The van der Waals surface area contributed by atoms with Gasteiger partial charge in [0.05, 0.1) is 11.4 Å². The second-order valence-electron chi connectivity index (χ2n) is 7.88. The molecule has 1 aliphatic heterocycles. The van der Waals surface area contributed by atoms with E-state index < -0.39 is 0 Å². The number of nitrogens with zero attached hydrogens (tertiary/aromatic N) is 1. The van der Waals surface area contributed by atoms with Gasteiger partial charge in [-0.2, -0.15) is 0 Å². The van der Waals surface area contributed by atoms with Crippen LogP contribution in [0.5, 0.6) is 0 Å². The Morgan fingerprint density at radius 2 is 1.84 bits per heavy atom. The Bertz CT molecular complexity index is 1230. The zero-order valence-electron chi connectivity index (χ0n) is 16.9. The monoisotopic (exact) mass is 450 g/mol. The van der Waals surface area contributed by atoms with Crippen LogP contribution in [0, 0.1) is 0 Å². The Labute approximate surface area is 189 Å². The maximum absolute atomic E-state index is 12.3. The van der Waals surface area contributed by atoms with E-state index in [9.17, 15) is 4.79 Å². The molecule has 2 aromatic heterocycles. The van der Waals surface area contributed by atoms with E-state index in [0.717, 1.165) is 58.7 Å². The SMILES string of the molecule is O=c1cc(NC2CCNCC2)c2cc(C(c3ccc(Cl)cc3)c3nccs3)ccc2[nH]1. The molecule has 3 heterocycles. The Kier molecular flexibility index (Phi) is 5.76. The van der Waals surface area contributed by atoms with Crippen LogP contribution in [-0.2, 0) is 0 Å². The zero-order valence-corrected chi connectivity index (χ0v) is 18.5. The summed E-state index contributed by atoms with van der Waals surface area (Å²) in [7, 11) is 0. The molecule has 0 spiro atoms. The van der Waals surface area contributed by atoms with Crippen molar-refractivity contribution in [1.82, 2.24) is 15.3 Å². The number of anilines is 1. The molecule has 0 saturated carbocycles. The Morgan fingerprint density at radius 3 is 2.58 bits per heavy atom. The van der Waals surface area contributed by atoms with E-state index in [4.69, 9.17) is 11.6 Å². The molecular weight excluding hydrogens is 428 g/mol. The van der Waals surface area contributed by atoms with Gasteiger partial charge in [0.1, 0.15) is 5.01 Å². The van der Waals surface area contributed by atoms with Crippen LogP contribution in [-0.4, -0.2) is 29.1 Å². The molecule has 1 fully saturated rings. The normalized spacial score (nSPS) is 15.8. The Morgan fingerprint density at radius 1 is 1.06 bits per heavy atom. The molecule has 4 aromatic rings. The van der Waals surface area contributed by atoms with Gasteiger partial charge in [-0.25, -0.2) is 4.98 Å². The molecule has 0 bridgehead atoms.